The molecule has 2 aliphatic rings. The molecular weight excluding hydrogens is 398 g/mol. The van der Waals surface area contributed by atoms with E-state index < -0.39 is 0 Å². The zero-order valence-corrected chi connectivity index (χ0v) is 17.8. The van der Waals surface area contributed by atoms with Crippen LogP contribution in [0.3, 0.4) is 0 Å². The Kier molecular flexibility index (Phi) is 5.35. The summed E-state index contributed by atoms with van der Waals surface area (Å²) in [6.07, 6.45) is 4.64. The summed E-state index contributed by atoms with van der Waals surface area (Å²) >= 11 is 3.38. The first kappa shape index (κ1) is 18.8. The Bertz CT molecular complexity index is 995. The van der Waals surface area contributed by atoms with Crippen LogP contribution in [0, 0.1) is 0 Å². The Morgan fingerprint density at radius 2 is 1.93 bits per heavy atom. The number of thiazole rings is 1. The van der Waals surface area contributed by atoms with Crippen molar-refractivity contribution in [1.82, 2.24) is 14.8 Å². The predicted molar refractivity (Wildman–Crippen MR) is 125 cm³/mol. The molecule has 0 saturated carbocycles. The van der Waals surface area contributed by atoms with Gasteiger partial charge in [0, 0.05) is 37.6 Å². The van der Waals surface area contributed by atoms with E-state index in [0.717, 1.165) is 35.5 Å². The minimum absolute atomic E-state index is 0.239. The Morgan fingerprint density at radius 1 is 1.10 bits per heavy atom. The number of nitrogens with two attached hydrogens (primary N) is 1. The van der Waals surface area contributed by atoms with Crippen LogP contribution < -0.4 is 11.1 Å². The largest absolute Gasteiger partial charge is 0.375 e. The standard InChI is InChI=1S/C22H25N5S2/c23-21-25-19-7-6-17(14-20(19)29-21)24-22-27(12-13-28-22)18-8-10-26(11-9-18)15-16-4-2-1-3-5-16/h1-7,12-14,18,22,24H,8-11,15H2,(H2,23,25). The number of hydrogen-bond donors (Lipinski definition) is 2. The molecule has 3 N–H and O–H groups in total. The van der Waals surface area contributed by atoms with Crippen molar-refractivity contribution in [1.29, 1.82) is 0 Å². The molecule has 1 fully saturated rings. The van der Waals surface area contributed by atoms with Gasteiger partial charge >= 0.3 is 0 Å². The van der Waals surface area contributed by atoms with E-state index in [2.05, 4.69) is 74.2 Å². The van der Waals surface area contributed by atoms with Crippen molar-refractivity contribution in [3.05, 3.63) is 65.7 Å². The highest BCUT2D eigenvalue weighted by Gasteiger charge is 2.30. The first-order valence-corrected chi connectivity index (χ1v) is 11.8. The fourth-order valence-corrected chi connectivity index (χ4v) is 5.86. The molecule has 1 saturated heterocycles. The number of hydrogen-bond acceptors (Lipinski definition) is 7. The van der Waals surface area contributed by atoms with Gasteiger partial charge in [-0.2, -0.15) is 0 Å². The number of anilines is 2. The van der Waals surface area contributed by atoms with Crippen molar-refractivity contribution in [2.24, 2.45) is 0 Å². The molecule has 0 aliphatic carbocycles. The maximum Gasteiger partial charge on any atom is 0.181 e. The summed E-state index contributed by atoms with van der Waals surface area (Å²) in [5.41, 5.74) is 9.58. The second kappa shape index (κ2) is 8.26. The summed E-state index contributed by atoms with van der Waals surface area (Å²) < 4.78 is 1.13. The van der Waals surface area contributed by atoms with Gasteiger partial charge in [0.15, 0.2) is 10.6 Å². The molecule has 3 aromatic rings. The molecule has 0 radical (unpaired) electrons. The van der Waals surface area contributed by atoms with Crippen LogP contribution in [0.2, 0.25) is 0 Å². The smallest absolute Gasteiger partial charge is 0.181 e. The third-order valence-corrected chi connectivity index (χ3v) is 7.38. The van der Waals surface area contributed by atoms with Crippen LogP contribution >= 0.6 is 23.1 Å². The summed E-state index contributed by atoms with van der Waals surface area (Å²) in [5.74, 6) is 0. The number of rotatable bonds is 5. The Hall–Kier alpha value is -2.22. The number of benzene rings is 2. The number of aromatic nitrogens is 1. The average molecular weight is 424 g/mol. The molecule has 7 heteroatoms. The minimum Gasteiger partial charge on any atom is -0.375 e. The molecule has 0 spiro atoms. The van der Waals surface area contributed by atoms with E-state index in [1.807, 2.05) is 17.8 Å². The van der Waals surface area contributed by atoms with Crippen molar-refractivity contribution in [2.75, 3.05) is 24.1 Å². The quantitative estimate of drug-likeness (QED) is 0.617. The lowest BCUT2D eigenvalue weighted by Gasteiger charge is -2.39. The molecular formula is C22H25N5S2. The van der Waals surface area contributed by atoms with E-state index in [1.54, 1.807) is 0 Å². The molecule has 2 aromatic carbocycles. The second-order valence-corrected chi connectivity index (χ2v) is 9.65. The minimum atomic E-state index is 0.239. The van der Waals surface area contributed by atoms with Crippen LogP contribution in [0.4, 0.5) is 10.8 Å². The third kappa shape index (κ3) is 4.22. The maximum atomic E-state index is 5.84. The van der Waals surface area contributed by atoms with Crippen molar-refractivity contribution in [2.45, 2.75) is 30.9 Å². The lowest BCUT2D eigenvalue weighted by molar-refractivity contribution is 0.136. The van der Waals surface area contributed by atoms with Gasteiger partial charge in [-0.15, -0.1) is 0 Å². The van der Waals surface area contributed by atoms with Crippen molar-refractivity contribution >= 4 is 44.1 Å². The van der Waals surface area contributed by atoms with Gasteiger partial charge in [0.1, 0.15) is 0 Å². The molecule has 5 rings (SSSR count). The lowest BCUT2D eigenvalue weighted by atomic mass is 10.0. The highest BCUT2D eigenvalue weighted by atomic mass is 32.2. The van der Waals surface area contributed by atoms with Crippen LogP contribution in [0.25, 0.3) is 10.2 Å². The van der Waals surface area contributed by atoms with E-state index in [-0.39, 0.29) is 5.50 Å². The van der Waals surface area contributed by atoms with Gasteiger partial charge in [-0.05, 0) is 42.0 Å². The molecule has 3 heterocycles. The highest BCUT2D eigenvalue weighted by Crippen LogP contribution is 2.33. The van der Waals surface area contributed by atoms with Crippen LogP contribution in [-0.4, -0.2) is 39.4 Å². The molecule has 150 valence electrons. The van der Waals surface area contributed by atoms with E-state index in [0.29, 0.717) is 11.2 Å². The Morgan fingerprint density at radius 3 is 2.76 bits per heavy atom. The molecule has 1 atom stereocenters. The van der Waals surface area contributed by atoms with Crippen molar-refractivity contribution in [3.63, 3.8) is 0 Å². The lowest BCUT2D eigenvalue weighted by Crippen LogP contribution is -2.46. The summed E-state index contributed by atoms with van der Waals surface area (Å²) in [6, 6.07) is 17.7. The Labute approximate surface area is 179 Å². The topological polar surface area (TPSA) is 57.4 Å². The number of nitrogens with zero attached hydrogens (tertiary/aromatic N) is 3. The molecule has 5 nitrogen and oxygen atoms in total. The molecule has 0 amide bonds. The monoisotopic (exact) mass is 423 g/mol. The molecule has 1 unspecified atom stereocenters. The van der Waals surface area contributed by atoms with Gasteiger partial charge in [-0.3, -0.25) is 4.90 Å². The second-order valence-electron chi connectivity index (χ2n) is 7.59. The van der Waals surface area contributed by atoms with Gasteiger partial charge in [-0.25, -0.2) is 4.98 Å². The predicted octanol–water partition coefficient (Wildman–Crippen LogP) is 4.76. The number of nitrogen functional groups attached to an aromatic ring is 1. The maximum absolute atomic E-state index is 5.84. The van der Waals surface area contributed by atoms with Crippen LogP contribution in [-0.2, 0) is 6.54 Å². The average Bonchev–Trinajstić information content (AvgIpc) is 3.34. The van der Waals surface area contributed by atoms with E-state index in [9.17, 15) is 0 Å². The SMILES string of the molecule is Nc1nc2ccc(NC3SC=CN3C3CCN(Cc4ccccc4)CC3)cc2s1. The fourth-order valence-electron chi connectivity index (χ4n) is 4.14. The zero-order valence-electron chi connectivity index (χ0n) is 16.2. The first-order valence-electron chi connectivity index (χ1n) is 10.0. The zero-order chi connectivity index (χ0) is 19.6. The fraction of sp³-hybridized carbons (Fsp3) is 0.318. The van der Waals surface area contributed by atoms with Gasteiger partial charge in [0.05, 0.1) is 10.2 Å². The third-order valence-electron chi connectivity index (χ3n) is 5.63. The van der Waals surface area contributed by atoms with E-state index in [4.69, 9.17) is 5.73 Å². The summed E-state index contributed by atoms with van der Waals surface area (Å²) in [4.78, 5) is 9.42. The molecule has 2 aliphatic heterocycles. The van der Waals surface area contributed by atoms with Gasteiger partial charge in [-0.1, -0.05) is 53.4 Å². The summed E-state index contributed by atoms with van der Waals surface area (Å²) in [5, 5.41) is 6.52. The number of thioether (sulfide) groups is 1. The first-order chi connectivity index (χ1) is 14.2. The molecule has 1 aromatic heterocycles. The molecule has 29 heavy (non-hydrogen) atoms. The number of piperidine rings is 1. The van der Waals surface area contributed by atoms with Crippen molar-refractivity contribution < 1.29 is 0 Å². The van der Waals surface area contributed by atoms with Gasteiger partial charge in [0.2, 0.25) is 0 Å². The normalized spacial score (nSPS) is 20.6. The van der Waals surface area contributed by atoms with Gasteiger partial charge in [0.25, 0.3) is 0 Å². The summed E-state index contributed by atoms with van der Waals surface area (Å²) in [6.45, 7) is 3.35. The van der Waals surface area contributed by atoms with Gasteiger partial charge < -0.3 is 16.0 Å². The highest BCUT2D eigenvalue weighted by molar-refractivity contribution is 8.03. The Balaban J connectivity index is 1.20. The van der Waals surface area contributed by atoms with Crippen molar-refractivity contribution in [3.8, 4) is 0 Å². The van der Waals surface area contributed by atoms with Crippen LogP contribution in [0.15, 0.2) is 60.1 Å². The molecule has 0 bridgehead atoms. The van der Waals surface area contributed by atoms with E-state index >= 15 is 0 Å². The number of nitrogens with one attached hydrogen (secondary N) is 1. The summed E-state index contributed by atoms with van der Waals surface area (Å²) in [7, 11) is 0. The number of likely N-dealkylation sites (tertiary alicyclic amines) is 1. The van der Waals surface area contributed by atoms with Crippen LogP contribution in [0.1, 0.15) is 18.4 Å². The van der Waals surface area contributed by atoms with Crippen LogP contribution in [0.5, 0.6) is 0 Å². The number of fused-ring (bicyclic) bond motifs is 1. The van der Waals surface area contributed by atoms with E-state index in [1.165, 1.54) is 29.7 Å².